The predicted octanol–water partition coefficient (Wildman–Crippen LogP) is -0.361. The molecule has 1 aromatic heterocycles. The number of hydrogen-bond acceptors (Lipinski definition) is 3. The first-order valence-electron chi connectivity index (χ1n) is 4.96. The average molecular weight is 223 g/mol. The number of likely N-dealkylation sites (N-methyl/N-ethyl adjacent to an activating group) is 1. The van der Waals surface area contributed by atoms with Crippen molar-refractivity contribution in [1.29, 1.82) is 0 Å². The number of fused-ring (bicyclic) bond motifs is 1. The molecule has 0 saturated heterocycles. The van der Waals surface area contributed by atoms with Gasteiger partial charge < -0.3 is 19.9 Å². The normalized spacial score (nSPS) is 14.9. The van der Waals surface area contributed by atoms with E-state index >= 15 is 0 Å². The number of aromatic nitrogens is 1. The van der Waals surface area contributed by atoms with E-state index < -0.39 is 5.91 Å². The molecule has 0 radical (unpaired) electrons. The molecule has 2 heterocycles. The SMILES string of the molecule is CNC(=O)c1cn2c(c1O)C(=O)N(C)CC2. The van der Waals surface area contributed by atoms with Crippen LogP contribution in [0, 0.1) is 0 Å². The van der Waals surface area contributed by atoms with Crippen molar-refractivity contribution >= 4 is 11.8 Å². The summed E-state index contributed by atoms with van der Waals surface area (Å²) in [4.78, 5) is 24.7. The summed E-state index contributed by atoms with van der Waals surface area (Å²) in [5.41, 5.74) is 0.327. The van der Waals surface area contributed by atoms with Gasteiger partial charge in [-0.3, -0.25) is 9.59 Å². The van der Waals surface area contributed by atoms with E-state index in [2.05, 4.69) is 5.32 Å². The van der Waals surface area contributed by atoms with Gasteiger partial charge in [-0.25, -0.2) is 0 Å². The quantitative estimate of drug-likeness (QED) is 0.682. The van der Waals surface area contributed by atoms with Crippen LogP contribution in [0.1, 0.15) is 20.8 Å². The van der Waals surface area contributed by atoms with E-state index in [1.807, 2.05) is 0 Å². The molecule has 1 aromatic rings. The number of aromatic hydroxyl groups is 1. The zero-order chi connectivity index (χ0) is 11.9. The first kappa shape index (κ1) is 10.5. The van der Waals surface area contributed by atoms with Gasteiger partial charge in [0.1, 0.15) is 5.69 Å². The molecule has 6 heteroatoms. The molecule has 0 spiro atoms. The number of carbonyl (C=O) groups is 2. The molecule has 2 amide bonds. The smallest absolute Gasteiger partial charge is 0.274 e. The topological polar surface area (TPSA) is 74.6 Å². The summed E-state index contributed by atoms with van der Waals surface area (Å²) >= 11 is 0. The second kappa shape index (κ2) is 3.55. The molecule has 16 heavy (non-hydrogen) atoms. The van der Waals surface area contributed by atoms with Crippen molar-refractivity contribution in [3.8, 4) is 5.75 Å². The summed E-state index contributed by atoms with van der Waals surface area (Å²) < 4.78 is 1.61. The van der Waals surface area contributed by atoms with Crippen LogP contribution in [-0.2, 0) is 6.54 Å². The van der Waals surface area contributed by atoms with Crippen LogP contribution in [0.25, 0.3) is 0 Å². The fraction of sp³-hybridized carbons (Fsp3) is 0.400. The Balaban J connectivity index is 2.52. The number of carbonyl (C=O) groups excluding carboxylic acids is 2. The predicted molar refractivity (Wildman–Crippen MR) is 56.4 cm³/mol. The lowest BCUT2D eigenvalue weighted by atomic mass is 10.2. The summed E-state index contributed by atoms with van der Waals surface area (Å²) in [6.45, 7) is 1.16. The lowest BCUT2D eigenvalue weighted by Gasteiger charge is -2.24. The Morgan fingerprint density at radius 3 is 2.81 bits per heavy atom. The first-order chi connectivity index (χ1) is 7.56. The van der Waals surface area contributed by atoms with Crippen LogP contribution in [0.2, 0.25) is 0 Å². The highest BCUT2D eigenvalue weighted by Crippen LogP contribution is 2.28. The lowest BCUT2D eigenvalue weighted by Crippen LogP contribution is -2.36. The maximum Gasteiger partial charge on any atom is 0.274 e. The Kier molecular flexibility index (Phi) is 2.34. The molecule has 1 aliphatic heterocycles. The summed E-state index contributed by atoms with van der Waals surface area (Å²) in [6, 6.07) is 0. The van der Waals surface area contributed by atoms with Crippen molar-refractivity contribution in [3.63, 3.8) is 0 Å². The third-order valence-electron chi connectivity index (χ3n) is 2.75. The van der Waals surface area contributed by atoms with E-state index in [0.29, 0.717) is 13.1 Å². The lowest BCUT2D eigenvalue weighted by molar-refractivity contribution is 0.0745. The molecule has 86 valence electrons. The molecule has 0 unspecified atom stereocenters. The zero-order valence-electron chi connectivity index (χ0n) is 9.15. The van der Waals surface area contributed by atoms with Crippen molar-refractivity contribution < 1.29 is 14.7 Å². The number of amides is 2. The van der Waals surface area contributed by atoms with Gasteiger partial charge in [0.2, 0.25) is 0 Å². The van der Waals surface area contributed by atoms with Gasteiger partial charge in [-0.2, -0.15) is 0 Å². The van der Waals surface area contributed by atoms with Gasteiger partial charge in [-0.15, -0.1) is 0 Å². The highest BCUT2D eigenvalue weighted by Gasteiger charge is 2.29. The standard InChI is InChI=1S/C10H13N3O3/c1-11-9(15)6-5-13-4-3-12(2)10(16)7(13)8(6)14/h5,14H,3-4H2,1-2H3,(H,11,15). The van der Waals surface area contributed by atoms with E-state index in [1.165, 1.54) is 18.1 Å². The highest BCUT2D eigenvalue weighted by atomic mass is 16.3. The molecule has 1 aliphatic rings. The molecule has 0 atom stereocenters. The van der Waals surface area contributed by atoms with Crippen LogP contribution in [0.15, 0.2) is 6.20 Å². The van der Waals surface area contributed by atoms with E-state index in [4.69, 9.17) is 0 Å². The molecule has 0 aliphatic carbocycles. The molecule has 0 fully saturated rings. The maximum absolute atomic E-state index is 11.8. The molecule has 2 N–H and O–H groups in total. The Morgan fingerprint density at radius 2 is 2.19 bits per heavy atom. The van der Waals surface area contributed by atoms with Gasteiger partial charge in [0.15, 0.2) is 5.75 Å². The second-order valence-corrected chi connectivity index (χ2v) is 3.74. The fourth-order valence-electron chi connectivity index (χ4n) is 1.79. The Morgan fingerprint density at radius 1 is 1.50 bits per heavy atom. The minimum atomic E-state index is -0.394. The van der Waals surface area contributed by atoms with Crippen LogP contribution in [0.5, 0.6) is 5.75 Å². The molecule has 0 saturated carbocycles. The third-order valence-corrected chi connectivity index (χ3v) is 2.75. The summed E-state index contributed by atoms with van der Waals surface area (Å²) in [6.07, 6.45) is 1.51. The zero-order valence-corrected chi connectivity index (χ0v) is 9.15. The van der Waals surface area contributed by atoms with Gasteiger partial charge in [0.05, 0.1) is 5.56 Å². The molecular formula is C10H13N3O3. The van der Waals surface area contributed by atoms with Crippen LogP contribution in [0.4, 0.5) is 0 Å². The number of rotatable bonds is 1. The van der Waals surface area contributed by atoms with Crippen molar-refractivity contribution in [2.24, 2.45) is 0 Å². The number of nitrogens with zero attached hydrogens (tertiary/aromatic N) is 2. The molecule has 0 aromatic carbocycles. The van der Waals surface area contributed by atoms with Crippen molar-refractivity contribution in [3.05, 3.63) is 17.5 Å². The van der Waals surface area contributed by atoms with Crippen molar-refractivity contribution in [2.75, 3.05) is 20.6 Å². The summed E-state index contributed by atoms with van der Waals surface area (Å²) in [5.74, 6) is -0.898. The van der Waals surface area contributed by atoms with E-state index in [9.17, 15) is 14.7 Å². The average Bonchev–Trinajstić information content (AvgIpc) is 2.61. The molecule has 2 rings (SSSR count). The Bertz CT molecular complexity index is 464. The second-order valence-electron chi connectivity index (χ2n) is 3.74. The van der Waals surface area contributed by atoms with E-state index in [0.717, 1.165) is 0 Å². The third kappa shape index (κ3) is 1.34. The fourth-order valence-corrected chi connectivity index (χ4v) is 1.79. The van der Waals surface area contributed by atoms with Gasteiger partial charge in [0, 0.05) is 33.4 Å². The molecular weight excluding hydrogens is 210 g/mol. The number of hydrogen-bond donors (Lipinski definition) is 2. The Hall–Kier alpha value is -1.98. The highest BCUT2D eigenvalue weighted by molar-refractivity contribution is 6.03. The maximum atomic E-state index is 11.8. The largest absolute Gasteiger partial charge is 0.505 e. The van der Waals surface area contributed by atoms with Gasteiger partial charge >= 0.3 is 0 Å². The molecule has 6 nitrogen and oxygen atoms in total. The van der Waals surface area contributed by atoms with Crippen molar-refractivity contribution in [1.82, 2.24) is 14.8 Å². The van der Waals surface area contributed by atoms with Crippen LogP contribution < -0.4 is 5.32 Å². The minimum Gasteiger partial charge on any atom is -0.505 e. The van der Waals surface area contributed by atoms with Crippen LogP contribution >= 0.6 is 0 Å². The van der Waals surface area contributed by atoms with Gasteiger partial charge in [-0.1, -0.05) is 0 Å². The first-order valence-corrected chi connectivity index (χ1v) is 4.96. The van der Waals surface area contributed by atoms with Gasteiger partial charge in [-0.05, 0) is 0 Å². The minimum absolute atomic E-state index is 0.140. The Labute approximate surface area is 92.5 Å². The molecule has 0 bridgehead atoms. The van der Waals surface area contributed by atoms with E-state index in [-0.39, 0.29) is 22.9 Å². The van der Waals surface area contributed by atoms with Crippen LogP contribution in [0.3, 0.4) is 0 Å². The van der Waals surface area contributed by atoms with Crippen LogP contribution in [-0.4, -0.2) is 47.0 Å². The van der Waals surface area contributed by atoms with Gasteiger partial charge in [0.25, 0.3) is 11.8 Å². The number of nitrogens with one attached hydrogen (secondary N) is 1. The monoisotopic (exact) mass is 223 g/mol. The summed E-state index contributed by atoms with van der Waals surface area (Å²) in [5, 5.41) is 12.3. The van der Waals surface area contributed by atoms with E-state index in [1.54, 1.807) is 11.6 Å². The summed E-state index contributed by atoms with van der Waals surface area (Å²) in [7, 11) is 3.14. The van der Waals surface area contributed by atoms with Crippen molar-refractivity contribution in [2.45, 2.75) is 6.54 Å².